The van der Waals surface area contributed by atoms with E-state index < -0.39 is 0 Å². The third-order valence-corrected chi connectivity index (χ3v) is 3.85. The van der Waals surface area contributed by atoms with Crippen molar-refractivity contribution in [2.45, 2.75) is 13.8 Å². The molecule has 0 aliphatic carbocycles. The maximum absolute atomic E-state index is 11.9. The van der Waals surface area contributed by atoms with Gasteiger partial charge in [0.25, 0.3) is 0 Å². The van der Waals surface area contributed by atoms with Crippen LogP contribution in [0.25, 0.3) is 0 Å². The quantitative estimate of drug-likeness (QED) is 0.509. The Kier molecular flexibility index (Phi) is 5.87. The normalized spacial score (nSPS) is 12.0. The van der Waals surface area contributed by atoms with Crippen molar-refractivity contribution in [1.29, 1.82) is 0 Å². The summed E-state index contributed by atoms with van der Waals surface area (Å²) < 4.78 is 5.06. The molecule has 23 heavy (non-hydrogen) atoms. The van der Waals surface area contributed by atoms with E-state index in [1.54, 1.807) is 49.6 Å². The third kappa shape index (κ3) is 5.23. The second-order valence-electron chi connectivity index (χ2n) is 4.66. The van der Waals surface area contributed by atoms with Crippen LogP contribution in [0.3, 0.4) is 0 Å². The number of rotatable bonds is 4. The third-order valence-electron chi connectivity index (χ3n) is 2.87. The van der Waals surface area contributed by atoms with Crippen LogP contribution in [0, 0.1) is 0 Å². The Morgan fingerprint density at radius 2 is 1.87 bits per heavy atom. The molecule has 0 spiro atoms. The molecule has 120 valence electrons. The number of thiophene rings is 1. The zero-order valence-electron chi connectivity index (χ0n) is 13.2. The summed E-state index contributed by atoms with van der Waals surface area (Å²) in [4.78, 5) is 12.9. The van der Waals surface area contributed by atoms with E-state index in [-0.39, 0.29) is 6.03 Å². The average molecular weight is 330 g/mol. The first-order chi connectivity index (χ1) is 11.1. The first-order valence-corrected chi connectivity index (χ1v) is 7.81. The van der Waals surface area contributed by atoms with Crippen molar-refractivity contribution in [2.75, 3.05) is 12.4 Å². The van der Waals surface area contributed by atoms with E-state index >= 15 is 0 Å². The number of urea groups is 1. The molecule has 0 unspecified atom stereocenters. The predicted octanol–water partition coefficient (Wildman–Crippen LogP) is 3.72. The summed E-state index contributed by atoms with van der Waals surface area (Å²) in [6.45, 7) is 3.55. The Labute approximate surface area is 138 Å². The lowest BCUT2D eigenvalue weighted by Crippen LogP contribution is -2.32. The molecule has 2 aromatic rings. The van der Waals surface area contributed by atoms with Gasteiger partial charge >= 0.3 is 6.03 Å². The molecule has 0 saturated heterocycles. The largest absolute Gasteiger partial charge is 0.497 e. The van der Waals surface area contributed by atoms with Crippen LogP contribution >= 0.6 is 11.3 Å². The van der Waals surface area contributed by atoms with Crippen LogP contribution in [0.1, 0.15) is 18.7 Å². The zero-order valence-corrected chi connectivity index (χ0v) is 14.0. The molecule has 2 amide bonds. The van der Waals surface area contributed by atoms with Crippen LogP contribution in [0.15, 0.2) is 52.0 Å². The Bertz CT molecular complexity index is 706. The van der Waals surface area contributed by atoms with Gasteiger partial charge in [-0.3, -0.25) is 5.32 Å². The topological polar surface area (TPSA) is 75.1 Å². The summed E-state index contributed by atoms with van der Waals surface area (Å²) in [6, 6.07) is 10.6. The highest BCUT2D eigenvalue weighted by Crippen LogP contribution is 2.14. The number of anilines is 1. The van der Waals surface area contributed by atoms with Crippen molar-refractivity contribution in [3.8, 4) is 5.75 Å². The van der Waals surface area contributed by atoms with Crippen LogP contribution in [-0.4, -0.2) is 24.7 Å². The summed E-state index contributed by atoms with van der Waals surface area (Å²) in [5.74, 6) is 1.14. The molecular formula is C16H18N4O2S. The smallest absolute Gasteiger partial charge is 0.324 e. The Morgan fingerprint density at radius 1 is 1.13 bits per heavy atom. The number of nitrogens with one attached hydrogen (secondary N) is 2. The van der Waals surface area contributed by atoms with Crippen molar-refractivity contribution in [3.63, 3.8) is 0 Å². The van der Waals surface area contributed by atoms with Crippen LogP contribution in [0.2, 0.25) is 0 Å². The molecule has 0 atom stereocenters. The van der Waals surface area contributed by atoms with Crippen LogP contribution in [0.4, 0.5) is 10.5 Å². The summed E-state index contributed by atoms with van der Waals surface area (Å²) >= 11 is 1.59. The van der Waals surface area contributed by atoms with Gasteiger partial charge in [0.15, 0.2) is 0 Å². The zero-order chi connectivity index (χ0) is 16.7. The van der Waals surface area contributed by atoms with Gasteiger partial charge in [-0.2, -0.15) is 5.10 Å². The lowest BCUT2D eigenvalue weighted by Gasteiger charge is -2.07. The summed E-state index contributed by atoms with van der Waals surface area (Å²) in [5, 5.41) is 15.4. The van der Waals surface area contributed by atoms with E-state index in [0.717, 1.165) is 16.3 Å². The number of methoxy groups -OCH3 is 1. The van der Waals surface area contributed by atoms with Gasteiger partial charge in [0.1, 0.15) is 11.6 Å². The van der Waals surface area contributed by atoms with Gasteiger partial charge in [0.05, 0.1) is 17.7 Å². The van der Waals surface area contributed by atoms with Crippen molar-refractivity contribution >= 4 is 34.6 Å². The molecule has 0 aliphatic heterocycles. The van der Waals surface area contributed by atoms with Crippen molar-refractivity contribution in [3.05, 3.63) is 46.7 Å². The van der Waals surface area contributed by atoms with Crippen molar-refractivity contribution in [1.82, 2.24) is 5.32 Å². The van der Waals surface area contributed by atoms with Gasteiger partial charge in [-0.1, -0.05) is 6.07 Å². The lowest BCUT2D eigenvalue weighted by atomic mass is 10.3. The minimum atomic E-state index is -0.375. The maximum atomic E-state index is 11.9. The summed E-state index contributed by atoms with van der Waals surface area (Å²) in [5.41, 5.74) is 1.46. The van der Waals surface area contributed by atoms with E-state index in [2.05, 4.69) is 20.8 Å². The number of ether oxygens (including phenoxy) is 1. The summed E-state index contributed by atoms with van der Waals surface area (Å²) in [6.07, 6.45) is 0. The molecule has 7 heteroatoms. The minimum Gasteiger partial charge on any atom is -0.497 e. The van der Waals surface area contributed by atoms with Gasteiger partial charge in [0, 0.05) is 5.69 Å². The van der Waals surface area contributed by atoms with Gasteiger partial charge < -0.3 is 10.1 Å². The molecule has 1 aromatic heterocycles. The molecule has 0 fully saturated rings. The SMILES string of the molecule is COc1ccc(NC(=O)N/C(C)=N/N=C(\C)c2cccs2)cc1. The molecule has 2 rings (SSSR count). The van der Waals surface area contributed by atoms with E-state index in [1.807, 2.05) is 24.4 Å². The van der Waals surface area contributed by atoms with Crippen LogP contribution < -0.4 is 15.4 Å². The number of nitrogens with zero attached hydrogens (tertiary/aromatic N) is 2. The number of hydrogen-bond donors (Lipinski definition) is 2. The second kappa shape index (κ2) is 8.09. The highest BCUT2D eigenvalue weighted by atomic mass is 32.1. The Balaban J connectivity index is 1.91. The lowest BCUT2D eigenvalue weighted by molar-refractivity contribution is 0.256. The van der Waals surface area contributed by atoms with Crippen LogP contribution in [-0.2, 0) is 0 Å². The van der Waals surface area contributed by atoms with Gasteiger partial charge in [-0.05, 0) is 49.6 Å². The molecule has 0 saturated carbocycles. The molecule has 2 N–H and O–H groups in total. The number of hydrogen-bond acceptors (Lipinski definition) is 5. The minimum absolute atomic E-state index is 0.375. The van der Waals surface area contributed by atoms with E-state index in [0.29, 0.717) is 11.5 Å². The monoisotopic (exact) mass is 330 g/mol. The molecule has 0 aliphatic rings. The molecule has 1 aromatic carbocycles. The maximum Gasteiger partial charge on any atom is 0.324 e. The highest BCUT2D eigenvalue weighted by molar-refractivity contribution is 7.12. The predicted molar refractivity (Wildman–Crippen MR) is 94.8 cm³/mol. The van der Waals surface area contributed by atoms with Crippen LogP contribution in [0.5, 0.6) is 5.75 Å². The highest BCUT2D eigenvalue weighted by Gasteiger charge is 2.03. The second-order valence-corrected chi connectivity index (χ2v) is 5.60. The first-order valence-electron chi connectivity index (χ1n) is 6.93. The van der Waals surface area contributed by atoms with Crippen molar-refractivity contribution < 1.29 is 9.53 Å². The molecule has 0 bridgehead atoms. The van der Waals surface area contributed by atoms with E-state index in [4.69, 9.17) is 4.74 Å². The fourth-order valence-electron chi connectivity index (χ4n) is 1.71. The van der Waals surface area contributed by atoms with E-state index in [9.17, 15) is 4.79 Å². The van der Waals surface area contributed by atoms with Gasteiger partial charge in [-0.15, -0.1) is 16.4 Å². The standard InChI is InChI=1S/C16H18N4O2S/c1-11(15-5-4-10-23-15)19-20-12(2)17-16(21)18-13-6-8-14(22-3)9-7-13/h4-10H,1-3H3,(H2,17,18,20,21)/b19-11+. The number of carbonyl (C=O) groups is 1. The Morgan fingerprint density at radius 3 is 2.48 bits per heavy atom. The molecule has 1 heterocycles. The molecular weight excluding hydrogens is 312 g/mol. The fraction of sp³-hybridized carbons (Fsp3) is 0.188. The molecule has 0 radical (unpaired) electrons. The summed E-state index contributed by atoms with van der Waals surface area (Å²) in [7, 11) is 1.59. The van der Waals surface area contributed by atoms with Gasteiger partial charge in [-0.25, -0.2) is 4.79 Å². The Hall–Kier alpha value is -2.67. The van der Waals surface area contributed by atoms with E-state index in [1.165, 1.54) is 0 Å². The first kappa shape index (κ1) is 16.7. The number of amidine groups is 1. The number of carbonyl (C=O) groups excluding carboxylic acids is 1. The fourth-order valence-corrected chi connectivity index (χ4v) is 2.38. The number of amides is 2. The molecule has 6 nitrogen and oxygen atoms in total. The van der Waals surface area contributed by atoms with Gasteiger partial charge in [0.2, 0.25) is 0 Å². The average Bonchev–Trinajstić information content (AvgIpc) is 3.07. The number of benzene rings is 1. The van der Waals surface area contributed by atoms with Crippen molar-refractivity contribution in [2.24, 2.45) is 10.2 Å².